The molecule has 0 heterocycles. The maximum atomic E-state index is 12.6. The summed E-state index contributed by atoms with van der Waals surface area (Å²) in [6, 6.07) is 13.1. The summed E-state index contributed by atoms with van der Waals surface area (Å²) in [6.45, 7) is 6.78. The molecule has 0 bridgehead atoms. The van der Waals surface area contributed by atoms with Crippen LogP contribution in [0.2, 0.25) is 0 Å². The number of hydrogen-bond acceptors (Lipinski definition) is 4. The zero-order chi connectivity index (χ0) is 19.2. The summed E-state index contributed by atoms with van der Waals surface area (Å²) in [6.07, 6.45) is 0. The van der Waals surface area contributed by atoms with Crippen LogP contribution in [0, 0.1) is 0 Å². The average molecular weight is 376 g/mol. The number of nitrogens with one attached hydrogen (secondary N) is 1. The van der Waals surface area contributed by atoms with Crippen LogP contribution < -0.4 is 10.1 Å². The molecule has 1 amide bonds. The Kier molecular flexibility index (Phi) is 6.76. The Balaban J connectivity index is 2.20. The Labute approximate surface area is 154 Å². The van der Waals surface area contributed by atoms with Crippen molar-refractivity contribution in [3.05, 3.63) is 54.1 Å². The molecule has 0 radical (unpaired) electrons. The number of amides is 1. The largest absolute Gasteiger partial charge is 0.494 e. The van der Waals surface area contributed by atoms with Crippen molar-refractivity contribution in [1.29, 1.82) is 0 Å². The second-order valence-corrected chi connectivity index (χ2v) is 7.47. The van der Waals surface area contributed by atoms with Crippen LogP contribution in [0.15, 0.2) is 53.4 Å². The molecule has 7 heteroatoms. The number of carbonyl (C=O) groups excluding carboxylic acids is 1. The van der Waals surface area contributed by atoms with Gasteiger partial charge in [0.25, 0.3) is 5.91 Å². The second kappa shape index (κ2) is 8.82. The number of nitrogens with zero attached hydrogens (tertiary/aromatic N) is 1. The maximum Gasteiger partial charge on any atom is 0.255 e. The van der Waals surface area contributed by atoms with Crippen molar-refractivity contribution >= 4 is 21.6 Å². The van der Waals surface area contributed by atoms with Gasteiger partial charge in [-0.2, -0.15) is 4.31 Å². The highest BCUT2D eigenvalue weighted by Crippen LogP contribution is 2.19. The summed E-state index contributed by atoms with van der Waals surface area (Å²) in [5.41, 5.74) is 0.891. The van der Waals surface area contributed by atoms with E-state index in [0.29, 0.717) is 25.4 Å². The van der Waals surface area contributed by atoms with Gasteiger partial charge in [0.15, 0.2) is 0 Å². The summed E-state index contributed by atoms with van der Waals surface area (Å²) in [7, 11) is -3.61. The number of anilines is 1. The van der Waals surface area contributed by atoms with Gasteiger partial charge in [-0.3, -0.25) is 4.79 Å². The van der Waals surface area contributed by atoms with Gasteiger partial charge in [0.1, 0.15) is 5.75 Å². The lowest BCUT2D eigenvalue weighted by molar-refractivity contribution is 0.102. The minimum absolute atomic E-state index is 0.112. The van der Waals surface area contributed by atoms with E-state index in [2.05, 4.69) is 5.32 Å². The van der Waals surface area contributed by atoms with E-state index >= 15 is 0 Å². The Morgan fingerprint density at radius 1 is 1.04 bits per heavy atom. The predicted octanol–water partition coefficient (Wildman–Crippen LogP) is 3.37. The third kappa shape index (κ3) is 4.62. The van der Waals surface area contributed by atoms with Crippen LogP contribution in [0.1, 0.15) is 31.1 Å². The van der Waals surface area contributed by atoms with Crippen molar-refractivity contribution in [3.63, 3.8) is 0 Å². The van der Waals surface area contributed by atoms with Crippen LogP contribution in [0.3, 0.4) is 0 Å². The number of benzene rings is 2. The van der Waals surface area contributed by atoms with E-state index in [-0.39, 0.29) is 16.4 Å². The molecule has 0 aliphatic rings. The topological polar surface area (TPSA) is 75.7 Å². The van der Waals surface area contributed by atoms with Gasteiger partial charge in [0.05, 0.1) is 11.5 Å². The molecule has 2 aromatic rings. The monoisotopic (exact) mass is 376 g/mol. The Bertz CT molecular complexity index is 844. The second-order valence-electron chi connectivity index (χ2n) is 5.53. The van der Waals surface area contributed by atoms with E-state index in [1.807, 2.05) is 6.92 Å². The molecule has 0 atom stereocenters. The number of sulfonamides is 1. The number of rotatable bonds is 8. The molecule has 2 aromatic carbocycles. The van der Waals surface area contributed by atoms with E-state index in [1.54, 1.807) is 50.2 Å². The van der Waals surface area contributed by atoms with Crippen molar-refractivity contribution in [1.82, 2.24) is 4.31 Å². The molecular formula is C19H24N2O4S. The van der Waals surface area contributed by atoms with Gasteiger partial charge in [0.2, 0.25) is 10.0 Å². The van der Waals surface area contributed by atoms with Crippen molar-refractivity contribution < 1.29 is 17.9 Å². The molecule has 140 valence electrons. The Morgan fingerprint density at radius 3 is 2.27 bits per heavy atom. The van der Waals surface area contributed by atoms with Gasteiger partial charge in [0, 0.05) is 24.3 Å². The van der Waals surface area contributed by atoms with Crippen LogP contribution in [0.5, 0.6) is 5.75 Å². The normalized spacial score (nSPS) is 11.4. The van der Waals surface area contributed by atoms with Gasteiger partial charge in [-0.15, -0.1) is 0 Å². The van der Waals surface area contributed by atoms with E-state index in [0.717, 1.165) is 5.75 Å². The van der Waals surface area contributed by atoms with Crippen molar-refractivity contribution in [3.8, 4) is 5.75 Å². The fraction of sp³-hybridized carbons (Fsp3) is 0.316. The van der Waals surface area contributed by atoms with Crippen molar-refractivity contribution in [2.24, 2.45) is 0 Å². The smallest absolute Gasteiger partial charge is 0.255 e. The first-order valence-electron chi connectivity index (χ1n) is 8.56. The Hall–Kier alpha value is -2.38. The highest BCUT2D eigenvalue weighted by atomic mass is 32.2. The predicted molar refractivity (Wildman–Crippen MR) is 102 cm³/mol. The highest BCUT2D eigenvalue weighted by Gasteiger charge is 2.22. The zero-order valence-corrected chi connectivity index (χ0v) is 16.0. The van der Waals surface area contributed by atoms with Crippen LogP contribution in [0.25, 0.3) is 0 Å². The van der Waals surface area contributed by atoms with Gasteiger partial charge < -0.3 is 10.1 Å². The molecule has 1 N–H and O–H groups in total. The van der Waals surface area contributed by atoms with Gasteiger partial charge in [-0.05, 0) is 49.4 Å². The standard InChI is InChI=1S/C19H24N2O4S/c1-4-21(5-2)26(23,24)18-9-7-8-15(14-18)19(22)20-16-10-12-17(13-11-16)25-6-3/h7-14H,4-6H2,1-3H3,(H,20,22). The summed E-state index contributed by atoms with van der Waals surface area (Å²) >= 11 is 0. The van der Waals surface area contributed by atoms with E-state index < -0.39 is 10.0 Å². The number of carbonyl (C=O) groups is 1. The number of hydrogen-bond donors (Lipinski definition) is 1. The van der Waals surface area contributed by atoms with Gasteiger partial charge in [-0.25, -0.2) is 8.42 Å². The minimum atomic E-state index is -3.61. The molecule has 0 spiro atoms. The average Bonchev–Trinajstić information content (AvgIpc) is 2.64. The molecule has 0 saturated heterocycles. The molecule has 0 aliphatic heterocycles. The van der Waals surface area contributed by atoms with Crippen LogP contribution in [0.4, 0.5) is 5.69 Å². The molecule has 0 saturated carbocycles. The number of ether oxygens (including phenoxy) is 1. The third-order valence-electron chi connectivity index (χ3n) is 3.86. The molecule has 0 fully saturated rings. The molecule has 0 unspecified atom stereocenters. The molecule has 0 aliphatic carbocycles. The first-order valence-corrected chi connectivity index (χ1v) is 10.0. The molecular weight excluding hydrogens is 352 g/mol. The molecule has 2 rings (SSSR count). The lowest BCUT2D eigenvalue weighted by Gasteiger charge is -2.18. The van der Waals surface area contributed by atoms with Crippen molar-refractivity contribution in [2.45, 2.75) is 25.7 Å². The Morgan fingerprint density at radius 2 is 1.69 bits per heavy atom. The van der Waals surface area contributed by atoms with Crippen LogP contribution >= 0.6 is 0 Å². The fourth-order valence-electron chi connectivity index (χ4n) is 2.51. The van der Waals surface area contributed by atoms with Crippen molar-refractivity contribution in [2.75, 3.05) is 25.0 Å². The highest BCUT2D eigenvalue weighted by molar-refractivity contribution is 7.89. The fourth-order valence-corrected chi connectivity index (χ4v) is 4.02. The first kappa shape index (κ1) is 19.9. The molecule has 6 nitrogen and oxygen atoms in total. The van der Waals surface area contributed by atoms with E-state index in [1.165, 1.54) is 16.4 Å². The van der Waals surface area contributed by atoms with Gasteiger partial charge in [-0.1, -0.05) is 19.9 Å². The molecule has 26 heavy (non-hydrogen) atoms. The molecule has 0 aromatic heterocycles. The summed E-state index contributed by atoms with van der Waals surface area (Å²) in [4.78, 5) is 12.6. The van der Waals surface area contributed by atoms with E-state index in [4.69, 9.17) is 4.74 Å². The lowest BCUT2D eigenvalue weighted by atomic mass is 10.2. The quantitative estimate of drug-likeness (QED) is 0.766. The minimum Gasteiger partial charge on any atom is -0.494 e. The van der Waals surface area contributed by atoms with Crippen LogP contribution in [-0.4, -0.2) is 38.3 Å². The SMILES string of the molecule is CCOc1ccc(NC(=O)c2cccc(S(=O)(=O)N(CC)CC)c2)cc1. The van der Waals surface area contributed by atoms with Crippen LogP contribution in [-0.2, 0) is 10.0 Å². The summed E-state index contributed by atoms with van der Waals surface area (Å²) in [5, 5.41) is 2.76. The maximum absolute atomic E-state index is 12.6. The summed E-state index contributed by atoms with van der Waals surface area (Å²) in [5.74, 6) is 0.351. The third-order valence-corrected chi connectivity index (χ3v) is 5.91. The first-order chi connectivity index (χ1) is 12.4. The van der Waals surface area contributed by atoms with E-state index in [9.17, 15) is 13.2 Å². The van der Waals surface area contributed by atoms with Gasteiger partial charge >= 0.3 is 0 Å². The lowest BCUT2D eigenvalue weighted by Crippen LogP contribution is -2.30. The zero-order valence-electron chi connectivity index (χ0n) is 15.2. The summed E-state index contributed by atoms with van der Waals surface area (Å²) < 4.78 is 31.9.